The van der Waals surface area contributed by atoms with E-state index in [1.165, 1.54) is 0 Å². The fraction of sp³-hybridized carbons (Fsp3) is 1.00. The Morgan fingerprint density at radius 1 is 0.630 bits per heavy atom. The van der Waals surface area contributed by atoms with Crippen LogP contribution in [-0.4, -0.2) is 43.9 Å². The number of rotatable bonds is 2. The zero-order valence-corrected chi connectivity index (χ0v) is 19.6. The molecule has 0 saturated heterocycles. The van der Waals surface area contributed by atoms with E-state index in [9.17, 15) is 10.2 Å². The molecule has 2 aliphatic carbocycles. The summed E-state index contributed by atoms with van der Waals surface area (Å²) in [6.07, 6.45) is 3.82. The summed E-state index contributed by atoms with van der Waals surface area (Å²) in [4.78, 5) is 0. The van der Waals surface area contributed by atoms with Gasteiger partial charge in [-0.05, 0) is 60.2 Å². The van der Waals surface area contributed by atoms with Crippen molar-refractivity contribution in [3.05, 3.63) is 0 Å². The van der Waals surface area contributed by atoms with Gasteiger partial charge in [0.25, 0.3) is 0 Å². The van der Waals surface area contributed by atoms with Crippen molar-refractivity contribution in [2.24, 2.45) is 34.5 Å². The van der Waals surface area contributed by atoms with Crippen LogP contribution < -0.4 is 0 Å². The lowest BCUT2D eigenvalue weighted by atomic mass is 9.68. The van der Waals surface area contributed by atoms with Gasteiger partial charge in [-0.3, -0.25) is 0 Å². The lowest BCUT2D eigenvalue weighted by Crippen LogP contribution is -2.45. The highest BCUT2D eigenvalue weighted by molar-refractivity contribution is 8.00. The highest BCUT2D eigenvalue weighted by Gasteiger charge is 2.44. The van der Waals surface area contributed by atoms with Crippen LogP contribution in [0, 0.1) is 34.5 Å². The molecular weight excluding hydrogens is 360 g/mol. The Bertz CT molecular complexity index is 403. The molecule has 0 aliphatic heterocycles. The van der Waals surface area contributed by atoms with Gasteiger partial charge in [0, 0.05) is 10.5 Å². The first-order valence-electron chi connectivity index (χ1n) is 10.3. The van der Waals surface area contributed by atoms with E-state index in [-0.39, 0.29) is 34.0 Å². The van der Waals surface area contributed by atoms with E-state index < -0.39 is 0 Å². The van der Waals surface area contributed by atoms with Crippen LogP contribution in [0.5, 0.6) is 0 Å². The molecule has 2 aliphatic rings. The molecule has 8 unspecified atom stereocenters. The minimum absolute atomic E-state index is 0. The van der Waals surface area contributed by atoms with E-state index in [2.05, 4.69) is 67.2 Å². The first kappa shape index (κ1) is 27.2. The van der Waals surface area contributed by atoms with Crippen molar-refractivity contribution >= 4 is 11.8 Å². The molecule has 27 heavy (non-hydrogen) atoms. The summed E-state index contributed by atoms with van der Waals surface area (Å²) in [5, 5.41) is 22.5. The summed E-state index contributed by atoms with van der Waals surface area (Å²) in [5.41, 5.74) is 0.335. The highest BCUT2D eigenvalue weighted by Crippen LogP contribution is 2.50. The van der Waals surface area contributed by atoms with Gasteiger partial charge in [0.2, 0.25) is 0 Å². The maximum atomic E-state index is 10.6. The van der Waals surface area contributed by atoms with Gasteiger partial charge < -0.3 is 21.2 Å². The third-order valence-electron chi connectivity index (χ3n) is 6.97. The van der Waals surface area contributed by atoms with Crippen LogP contribution in [0.1, 0.15) is 81.1 Å². The molecular formula is C22H46O4S. The van der Waals surface area contributed by atoms with E-state index in [1.54, 1.807) is 0 Å². The fourth-order valence-electron chi connectivity index (χ4n) is 5.14. The van der Waals surface area contributed by atoms with Crippen LogP contribution in [0.2, 0.25) is 0 Å². The Kier molecular flexibility index (Phi) is 9.86. The maximum Gasteiger partial charge on any atom is 0.0576 e. The molecule has 4 nitrogen and oxygen atoms in total. The third-order valence-corrected chi connectivity index (χ3v) is 8.98. The first-order valence-corrected chi connectivity index (χ1v) is 11.3. The molecule has 2 fully saturated rings. The van der Waals surface area contributed by atoms with Crippen LogP contribution in [0.15, 0.2) is 0 Å². The average molecular weight is 407 g/mol. The van der Waals surface area contributed by atoms with E-state index >= 15 is 0 Å². The van der Waals surface area contributed by atoms with Gasteiger partial charge in [0.05, 0.1) is 12.2 Å². The van der Waals surface area contributed by atoms with Gasteiger partial charge in [-0.1, -0.05) is 55.4 Å². The summed E-state index contributed by atoms with van der Waals surface area (Å²) < 4.78 is 0. The number of hydrogen-bond donors (Lipinski definition) is 2. The van der Waals surface area contributed by atoms with E-state index in [4.69, 9.17) is 0 Å². The molecule has 0 amide bonds. The van der Waals surface area contributed by atoms with Crippen LogP contribution in [-0.2, 0) is 0 Å². The number of hydrogen-bond acceptors (Lipinski definition) is 3. The molecule has 0 spiro atoms. The second-order valence-corrected chi connectivity index (χ2v) is 12.7. The highest BCUT2D eigenvalue weighted by atomic mass is 32.2. The van der Waals surface area contributed by atoms with Gasteiger partial charge in [-0.2, -0.15) is 11.8 Å². The van der Waals surface area contributed by atoms with Crippen molar-refractivity contribution in [2.45, 2.75) is 104 Å². The predicted octanol–water partition coefficient (Wildman–Crippen LogP) is 3.71. The molecule has 0 aromatic rings. The number of thioether (sulfide) groups is 1. The fourth-order valence-corrected chi connectivity index (χ4v) is 6.98. The monoisotopic (exact) mass is 406 g/mol. The molecule has 2 saturated carbocycles. The zero-order valence-electron chi connectivity index (χ0n) is 18.7. The molecule has 0 aromatic heterocycles. The van der Waals surface area contributed by atoms with Gasteiger partial charge in [0.15, 0.2) is 0 Å². The van der Waals surface area contributed by atoms with Crippen molar-refractivity contribution in [2.75, 3.05) is 0 Å². The second kappa shape index (κ2) is 9.80. The van der Waals surface area contributed by atoms with Crippen LogP contribution >= 0.6 is 11.8 Å². The zero-order chi connectivity index (χ0) is 19.2. The third kappa shape index (κ3) is 6.60. The minimum atomic E-state index is -0.153. The Balaban J connectivity index is 0.00000338. The molecule has 8 atom stereocenters. The van der Waals surface area contributed by atoms with Crippen LogP contribution in [0.4, 0.5) is 0 Å². The first-order chi connectivity index (χ1) is 11.3. The molecule has 0 bridgehead atoms. The van der Waals surface area contributed by atoms with Crippen molar-refractivity contribution in [1.29, 1.82) is 0 Å². The Labute approximate surface area is 171 Å². The van der Waals surface area contributed by atoms with Gasteiger partial charge in [-0.15, -0.1) is 0 Å². The lowest BCUT2D eigenvalue weighted by Gasteiger charge is -2.48. The van der Waals surface area contributed by atoms with Crippen molar-refractivity contribution in [1.82, 2.24) is 0 Å². The molecule has 0 heterocycles. The number of aliphatic hydroxyl groups excluding tert-OH is 2. The van der Waals surface area contributed by atoms with Crippen LogP contribution in [0.25, 0.3) is 0 Å². The SMILES string of the molecule is CC1CC(O)C(C(C)(C)C)CC1SC1CC(C(C)(C)C)C(O)CC1C.O.O. The van der Waals surface area contributed by atoms with Gasteiger partial charge >= 0.3 is 0 Å². The Hall–Kier alpha value is 0.190. The second-order valence-electron chi connectivity index (χ2n) is 11.2. The largest absolute Gasteiger partial charge is 0.412 e. The van der Waals surface area contributed by atoms with Crippen molar-refractivity contribution in [3.8, 4) is 0 Å². The normalized spacial score (nSPS) is 40.7. The molecule has 2 rings (SSSR count). The molecule has 6 N–H and O–H groups in total. The lowest BCUT2D eigenvalue weighted by molar-refractivity contribution is -0.00628. The molecule has 0 radical (unpaired) electrons. The quantitative estimate of drug-likeness (QED) is 0.730. The summed E-state index contributed by atoms with van der Waals surface area (Å²) in [6.45, 7) is 18.3. The van der Waals surface area contributed by atoms with Gasteiger partial charge in [-0.25, -0.2) is 0 Å². The summed E-state index contributed by atoms with van der Waals surface area (Å²) in [7, 11) is 0. The van der Waals surface area contributed by atoms with E-state index in [1.807, 2.05) is 0 Å². The summed E-state index contributed by atoms with van der Waals surface area (Å²) in [6, 6.07) is 0. The standard InChI is InChI=1S/C22H42O2S.2H2O/c1-13-9-17(23)15(21(3,4)5)11-19(13)25-20-12-16(22(6,7)8)18(24)10-14(20)2;;/h13-20,23-24H,9-12H2,1-8H3;2*1H2. The Morgan fingerprint density at radius 3 is 1.19 bits per heavy atom. The van der Waals surface area contributed by atoms with E-state index in [0.29, 0.717) is 34.2 Å². The molecule has 5 heteroatoms. The summed E-state index contributed by atoms with van der Waals surface area (Å²) in [5.74, 6) is 1.93. The topological polar surface area (TPSA) is 103 Å². The van der Waals surface area contributed by atoms with Gasteiger partial charge in [0.1, 0.15) is 0 Å². The smallest absolute Gasteiger partial charge is 0.0576 e. The molecule has 0 aromatic carbocycles. The Morgan fingerprint density at radius 2 is 0.926 bits per heavy atom. The van der Waals surface area contributed by atoms with E-state index in [0.717, 1.165) is 25.7 Å². The predicted molar refractivity (Wildman–Crippen MR) is 117 cm³/mol. The summed E-state index contributed by atoms with van der Waals surface area (Å²) >= 11 is 2.18. The average Bonchev–Trinajstić information content (AvgIpc) is 2.41. The number of aliphatic hydroxyl groups is 2. The van der Waals surface area contributed by atoms with Crippen molar-refractivity contribution < 1.29 is 21.2 Å². The minimum Gasteiger partial charge on any atom is -0.412 e. The maximum absolute atomic E-state index is 10.6. The van der Waals surface area contributed by atoms with Crippen molar-refractivity contribution in [3.63, 3.8) is 0 Å². The van der Waals surface area contributed by atoms with Crippen LogP contribution in [0.3, 0.4) is 0 Å². The molecule has 164 valence electrons.